The maximum atomic E-state index is 11.3. The highest BCUT2D eigenvalue weighted by Gasteiger charge is 2.13. The minimum atomic E-state index is 0.0373. The van der Waals surface area contributed by atoms with Crippen molar-refractivity contribution in [3.63, 3.8) is 0 Å². The summed E-state index contributed by atoms with van der Waals surface area (Å²) in [6.07, 6.45) is 2.66. The van der Waals surface area contributed by atoms with Gasteiger partial charge in [0.1, 0.15) is 5.75 Å². The number of para-hydroxylation sites is 1. The highest BCUT2D eigenvalue weighted by molar-refractivity contribution is 5.76. The van der Waals surface area contributed by atoms with E-state index in [1.54, 1.807) is 0 Å². The Morgan fingerprint density at radius 2 is 2.39 bits per heavy atom. The summed E-state index contributed by atoms with van der Waals surface area (Å²) in [6.45, 7) is 3.99. The lowest BCUT2D eigenvalue weighted by Crippen LogP contribution is -2.24. The first-order valence-electron chi connectivity index (χ1n) is 6.56. The number of fused-ring (bicyclic) bond motifs is 1. The highest BCUT2D eigenvalue weighted by atomic mass is 16.5. The summed E-state index contributed by atoms with van der Waals surface area (Å²) in [5.74, 6) is 0.895. The third-order valence-corrected chi connectivity index (χ3v) is 3.00. The van der Waals surface area contributed by atoms with Crippen molar-refractivity contribution in [2.45, 2.75) is 26.2 Å². The van der Waals surface area contributed by atoms with Gasteiger partial charge >= 0.3 is 0 Å². The number of nitrogens with one attached hydrogen (secondary N) is 2. The number of ether oxygens (including phenoxy) is 1. The molecule has 0 radical (unpaired) electrons. The zero-order chi connectivity index (χ0) is 12.8. The molecule has 0 fully saturated rings. The average Bonchev–Trinajstić information content (AvgIpc) is 2.39. The third-order valence-electron chi connectivity index (χ3n) is 3.00. The van der Waals surface area contributed by atoms with Crippen LogP contribution >= 0.6 is 0 Å². The van der Waals surface area contributed by atoms with Crippen LogP contribution in [0, 0.1) is 0 Å². The second-order valence-electron chi connectivity index (χ2n) is 4.37. The molecule has 1 heterocycles. The van der Waals surface area contributed by atoms with Crippen LogP contribution in [0.25, 0.3) is 0 Å². The van der Waals surface area contributed by atoms with E-state index >= 15 is 0 Å². The van der Waals surface area contributed by atoms with E-state index in [4.69, 9.17) is 4.74 Å². The van der Waals surface area contributed by atoms with E-state index in [0.29, 0.717) is 19.6 Å². The number of carbonyl (C=O) groups excluding carboxylic acids is 1. The number of hydrogen-bond donors (Lipinski definition) is 2. The number of benzene rings is 1. The number of carbonyl (C=O) groups is 1. The first kappa shape index (κ1) is 12.7. The number of rotatable bonds is 5. The Labute approximate surface area is 108 Å². The molecule has 0 spiro atoms. The van der Waals surface area contributed by atoms with Gasteiger partial charge in [-0.2, -0.15) is 0 Å². The Bertz CT molecular complexity index is 418. The molecule has 1 amide bonds. The Morgan fingerprint density at radius 1 is 1.50 bits per heavy atom. The van der Waals surface area contributed by atoms with Crippen LogP contribution in [-0.2, 0) is 11.2 Å². The van der Waals surface area contributed by atoms with Crippen molar-refractivity contribution in [2.75, 3.05) is 25.0 Å². The molecule has 0 atom stereocenters. The summed E-state index contributed by atoms with van der Waals surface area (Å²) in [5.41, 5.74) is 2.40. The zero-order valence-corrected chi connectivity index (χ0v) is 10.8. The maximum absolute atomic E-state index is 11.3. The van der Waals surface area contributed by atoms with Gasteiger partial charge in [0.25, 0.3) is 0 Å². The molecule has 18 heavy (non-hydrogen) atoms. The standard InChI is InChI=1S/C14H20N2O2/c1-2-15-13(17)8-10-18-12-7-3-5-11-6-4-9-16-14(11)12/h3,5,7,16H,2,4,6,8-10H2,1H3,(H,15,17). The van der Waals surface area contributed by atoms with Crippen molar-refractivity contribution in [1.82, 2.24) is 5.32 Å². The highest BCUT2D eigenvalue weighted by Crippen LogP contribution is 2.31. The van der Waals surface area contributed by atoms with Crippen LogP contribution in [0.5, 0.6) is 5.75 Å². The zero-order valence-electron chi connectivity index (χ0n) is 10.8. The fourth-order valence-electron chi connectivity index (χ4n) is 2.14. The van der Waals surface area contributed by atoms with Gasteiger partial charge in [-0.1, -0.05) is 12.1 Å². The molecule has 98 valence electrons. The summed E-state index contributed by atoms with van der Waals surface area (Å²) in [6, 6.07) is 6.08. The Balaban J connectivity index is 1.91. The van der Waals surface area contributed by atoms with Crippen molar-refractivity contribution in [1.29, 1.82) is 0 Å². The molecule has 0 aliphatic carbocycles. The summed E-state index contributed by atoms with van der Waals surface area (Å²) >= 11 is 0. The van der Waals surface area contributed by atoms with Gasteiger partial charge in [0, 0.05) is 13.1 Å². The number of hydrogen-bond acceptors (Lipinski definition) is 3. The maximum Gasteiger partial charge on any atom is 0.223 e. The SMILES string of the molecule is CCNC(=O)CCOc1cccc2c1NCCC2. The lowest BCUT2D eigenvalue weighted by Gasteiger charge is -2.21. The van der Waals surface area contributed by atoms with Gasteiger partial charge in [0.05, 0.1) is 18.7 Å². The molecule has 0 saturated carbocycles. The lowest BCUT2D eigenvalue weighted by atomic mass is 10.0. The van der Waals surface area contributed by atoms with E-state index < -0.39 is 0 Å². The van der Waals surface area contributed by atoms with E-state index in [-0.39, 0.29) is 5.91 Å². The molecule has 4 heteroatoms. The Kier molecular flexibility index (Phi) is 4.45. The van der Waals surface area contributed by atoms with Crippen LogP contribution in [0.3, 0.4) is 0 Å². The van der Waals surface area contributed by atoms with Crippen LogP contribution in [0.4, 0.5) is 5.69 Å². The van der Waals surface area contributed by atoms with Gasteiger partial charge in [-0.3, -0.25) is 4.79 Å². The predicted octanol–water partition coefficient (Wildman–Crippen LogP) is 1.95. The minimum Gasteiger partial charge on any atom is -0.491 e. The number of amides is 1. The second kappa shape index (κ2) is 6.28. The fraction of sp³-hybridized carbons (Fsp3) is 0.500. The van der Waals surface area contributed by atoms with E-state index in [9.17, 15) is 4.79 Å². The predicted molar refractivity (Wildman–Crippen MR) is 72.0 cm³/mol. The van der Waals surface area contributed by atoms with Gasteiger partial charge in [0.15, 0.2) is 0 Å². The van der Waals surface area contributed by atoms with Crippen molar-refractivity contribution in [3.8, 4) is 5.75 Å². The Hall–Kier alpha value is -1.71. The van der Waals surface area contributed by atoms with Crippen molar-refractivity contribution >= 4 is 11.6 Å². The van der Waals surface area contributed by atoms with E-state index in [2.05, 4.69) is 16.7 Å². The molecule has 2 rings (SSSR count). The van der Waals surface area contributed by atoms with Gasteiger partial charge < -0.3 is 15.4 Å². The van der Waals surface area contributed by atoms with Crippen molar-refractivity contribution in [2.24, 2.45) is 0 Å². The normalized spacial score (nSPS) is 13.4. The van der Waals surface area contributed by atoms with Gasteiger partial charge in [-0.15, -0.1) is 0 Å². The fourth-order valence-corrected chi connectivity index (χ4v) is 2.14. The summed E-state index contributed by atoms with van der Waals surface area (Å²) < 4.78 is 5.70. The topological polar surface area (TPSA) is 50.4 Å². The molecule has 0 aromatic heterocycles. The molecule has 0 saturated heterocycles. The summed E-state index contributed by atoms with van der Waals surface area (Å²) in [7, 11) is 0. The van der Waals surface area contributed by atoms with Crippen LogP contribution in [0.15, 0.2) is 18.2 Å². The smallest absolute Gasteiger partial charge is 0.223 e. The van der Waals surface area contributed by atoms with E-state index in [1.165, 1.54) is 5.56 Å². The minimum absolute atomic E-state index is 0.0373. The van der Waals surface area contributed by atoms with Crippen LogP contribution < -0.4 is 15.4 Å². The first-order valence-corrected chi connectivity index (χ1v) is 6.56. The van der Waals surface area contributed by atoms with E-state index in [1.807, 2.05) is 19.1 Å². The average molecular weight is 248 g/mol. The molecule has 1 aromatic carbocycles. The summed E-state index contributed by atoms with van der Waals surface area (Å²) in [4.78, 5) is 11.3. The van der Waals surface area contributed by atoms with Crippen LogP contribution in [-0.4, -0.2) is 25.6 Å². The largest absolute Gasteiger partial charge is 0.491 e. The molecular formula is C14H20N2O2. The first-order chi connectivity index (χ1) is 8.81. The monoisotopic (exact) mass is 248 g/mol. The summed E-state index contributed by atoms with van der Waals surface area (Å²) in [5, 5.41) is 6.13. The van der Waals surface area contributed by atoms with Crippen LogP contribution in [0.1, 0.15) is 25.3 Å². The molecule has 1 aromatic rings. The van der Waals surface area contributed by atoms with Gasteiger partial charge in [-0.05, 0) is 31.4 Å². The molecule has 1 aliphatic heterocycles. The molecule has 0 bridgehead atoms. The Morgan fingerprint density at radius 3 is 3.22 bits per heavy atom. The van der Waals surface area contributed by atoms with Gasteiger partial charge in [0.2, 0.25) is 5.91 Å². The quantitative estimate of drug-likeness (QED) is 0.837. The molecular weight excluding hydrogens is 228 g/mol. The number of anilines is 1. The second-order valence-corrected chi connectivity index (χ2v) is 4.37. The van der Waals surface area contributed by atoms with E-state index in [0.717, 1.165) is 30.8 Å². The lowest BCUT2D eigenvalue weighted by molar-refractivity contribution is -0.121. The van der Waals surface area contributed by atoms with Crippen molar-refractivity contribution in [3.05, 3.63) is 23.8 Å². The van der Waals surface area contributed by atoms with Crippen molar-refractivity contribution < 1.29 is 9.53 Å². The third kappa shape index (κ3) is 3.15. The van der Waals surface area contributed by atoms with Crippen LogP contribution in [0.2, 0.25) is 0 Å². The molecule has 1 aliphatic rings. The molecule has 4 nitrogen and oxygen atoms in total. The molecule has 2 N–H and O–H groups in total. The molecule has 0 unspecified atom stereocenters. The number of aryl methyl sites for hydroxylation is 1. The van der Waals surface area contributed by atoms with Gasteiger partial charge in [-0.25, -0.2) is 0 Å².